The first-order valence-corrected chi connectivity index (χ1v) is 35.7. The van der Waals surface area contributed by atoms with Crippen molar-refractivity contribution in [2.75, 3.05) is 55.9 Å². The molecule has 16 heteroatoms. The smallest absolute Gasteiger partial charge is 0.393 e. The molecule has 0 aromatic carbocycles. The maximum absolute atomic E-state index is 7.74. The Morgan fingerprint density at radius 2 is 0.672 bits per heavy atom. The van der Waals surface area contributed by atoms with Crippen molar-refractivity contribution < 1.29 is 34.5 Å². The summed E-state index contributed by atoms with van der Waals surface area (Å²) in [5.74, 6) is 1.91. The van der Waals surface area contributed by atoms with Crippen molar-refractivity contribution >= 4 is 82.0 Å². The van der Waals surface area contributed by atoms with Crippen molar-refractivity contribution in [3.63, 3.8) is 0 Å². The summed E-state index contributed by atoms with van der Waals surface area (Å²) >= 11 is 6.61. The highest BCUT2D eigenvalue weighted by molar-refractivity contribution is 7.99. The van der Waals surface area contributed by atoms with Gasteiger partial charge in [0.05, 0.1) is 23.8 Å². The van der Waals surface area contributed by atoms with E-state index in [4.69, 9.17) is 34.5 Å². The summed E-state index contributed by atoms with van der Waals surface area (Å²) in [6.45, 7) is 17.9. The quantitative estimate of drug-likeness (QED) is 0.0252. The molecule has 0 saturated carbocycles. The lowest BCUT2D eigenvalue weighted by Gasteiger charge is -2.44. The van der Waals surface area contributed by atoms with E-state index in [1.807, 2.05) is 24.3 Å². The van der Waals surface area contributed by atoms with Gasteiger partial charge in [0.1, 0.15) is 0 Å². The lowest BCUT2D eigenvalue weighted by atomic mass is 10.1. The molecule has 0 saturated heterocycles. The Kier molecular flexibility index (Phi) is 40.1. The highest BCUT2D eigenvalue weighted by atomic mass is 32.2. The second kappa shape index (κ2) is 39.5. The van der Waals surface area contributed by atoms with Gasteiger partial charge in [0.25, 0.3) is 0 Å². The predicted molar refractivity (Wildman–Crippen MR) is 269 cm³/mol. The molecule has 0 amide bonds. The molecule has 8 nitrogen and oxygen atoms in total. The summed E-state index contributed by atoms with van der Waals surface area (Å²) in [4.78, 5) is 0. The molecule has 0 bridgehead atoms. The lowest BCUT2D eigenvalue weighted by Crippen LogP contribution is -2.66. The fourth-order valence-electron chi connectivity index (χ4n) is 6.49. The average Bonchev–Trinajstić information content (AvgIpc) is 3.22. The molecular formula is C42H86O8S4Si4. The molecule has 0 aromatic heterocycles. The van der Waals surface area contributed by atoms with Gasteiger partial charge in [0.15, 0.2) is 0 Å². The standard InChI is InChI=1S/C42H86O8S4Si4/c1-11-15-19-23-27-31-35-55(10,44-39-51-6)48-57(46-41-53-8,37-33-29-25-21-17-13-3)50-58(47-42-54-9,38-34-30-26-22-18-14-4)49-56(43-5,45-40-52-7)36-32-28-24-20-16-12-2/h11-14H,1-4,15-42H2,5-10H3. The number of allylic oxidation sites excluding steroid dienone is 4. The molecule has 0 aliphatic rings. The minimum Gasteiger partial charge on any atom is -0.393 e. The van der Waals surface area contributed by atoms with E-state index in [-0.39, 0.29) is 0 Å². The van der Waals surface area contributed by atoms with Gasteiger partial charge in [-0.15, -0.1) is 73.4 Å². The van der Waals surface area contributed by atoms with Crippen molar-refractivity contribution in [3.05, 3.63) is 50.6 Å². The third-order valence-electron chi connectivity index (χ3n) is 9.69. The predicted octanol–water partition coefficient (Wildman–Crippen LogP) is 14.5. The third-order valence-corrected chi connectivity index (χ3v) is 27.2. The average molecular weight is 960 g/mol. The summed E-state index contributed by atoms with van der Waals surface area (Å²) in [5, 5.41) is 0. The van der Waals surface area contributed by atoms with Crippen LogP contribution < -0.4 is 0 Å². The van der Waals surface area contributed by atoms with E-state index in [1.165, 1.54) is 6.42 Å². The van der Waals surface area contributed by atoms with Crippen LogP contribution in [-0.4, -0.2) is 90.9 Å². The summed E-state index contributed by atoms with van der Waals surface area (Å²) in [6, 6.07) is 2.86. The fraction of sp³-hybridized carbons (Fsp3) is 0.810. The summed E-state index contributed by atoms with van der Waals surface area (Å²) in [5.41, 5.74) is 0. The Balaban J connectivity index is 7.37. The fourth-order valence-corrected chi connectivity index (χ4v) is 27.1. The van der Waals surface area contributed by atoms with Crippen molar-refractivity contribution in [1.29, 1.82) is 0 Å². The van der Waals surface area contributed by atoms with Crippen LogP contribution in [0.25, 0.3) is 0 Å². The molecule has 4 unspecified atom stereocenters. The zero-order chi connectivity index (χ0) is 43.1. The zero-order valence-electron chi connectivity index (χ0n) is 37.8. The zero-order valence-corrected chi connectivity index (χ0v) is 45.1. The summed E-state index contributed by atoms with van der Waals surface area (Å²) in [6.07, 6.45) is 37.5. The van der Waals surface area contributed by atoms with Crippen LogP contribution in [0, 0.1) is 0 Å². The van der Waals surface area contributed by atoms with Crippen LogP contribution in [0.4, 0.5) is 0 Å². The van der Waals surface area contributed by atoms with Crippen LogP contribution in [0.2, 0.25) is 30.7 Å². The molecule has 0 radical (unpaired) electrons. The van der Waals surface area contributed by atoms with Crippen LogP contribution in [0.5, 0.6) is 0 Å². The minimum absolute atomic E-state index is 0.428. The van der Waals surface area contributed by atoms with Crippen molar-refractivity contribution in [2.24, 2.45) is 0 Å². The van der Waals surface area contributed by atoms with Crippen LogP contribution in [0.1, 0.15) is 128 Å². The first kappa shape index (κ1) is 58.9. The molecule has 58 heavy (non-hydrogen) atoms. The van der Waals surface area contributed by atoms with Crippen molar-refractivity contribution in [3.8, 4) is 0 Å². The minimum atomic E-state index is -3.63. The SMILES string of the molecule is C=CCCCCCC[Si](C)(OCSC)O[Si](CCCCCCC=C)(OCSC)O[Si](CCCCCCC=C)(OCSC)O[Si](CCCCCCC=C)(OC)OCSC. The normalized spacial score (nSPS) is 15.9. The number of hydrogen-bond acceptors (Lipinski definition) is 12. The number of thioether (sulfide) groups is 4. The van der Waals surface area contributed by atoms with Crippen LogP contribution in [-0.2, 0) is 34.5 Å². The van der Waals surface area contributed by atoms with Gasteiger partial charge < -0.3 is 34.5 Å². The van der Waals surface area contributed by atoms with Gasteiger partial charge in [0.2, 0.25) is 0 Å². The van der Waals surface area contributed by atoms with E-state index in [0.29, 0.717) is 41.9 Å². The Labute approximate surface area is 379 Å². The first-order chi connectivity index (χ1) is 28.2. The van der Waals surface area contributed by atoms with Gasteiger partial charge in [-0.05, 0) is 108 Å². The van der Waals surface area contributed by atoms with Gasteiger partial charge in [-0.2, -0.15) is 0 Å². The van der Waals surface area contributed by atoms with Crippen molar-refractivity contribution in [2.45, 2.75) is 159 Å². The molecular weight excluding hydrogens is 873 g/mol. The largest absolute Gasteiger partial charge is 0.494 e. The Morgan fingerprint density at radius 3 is 1.03 bits per heavy atom. The number of unbranched alkanes of at least 4 members (excludes halogenated alkanes) is 16. The van der Waals surface area contributed by atoms with Gasteiger partial charge in [0, 0.05) is 25.2 Å². The molecule has 342 valence electrons. The Morgan fingerprint density at radius 1 is 0.379 bits per heavy atom. The highest BCUT2D eigenvalue weighted by Crippen LogP contribution is 2.38. The molecule has 0 N–H and O–H groups in total. The van der Waals surface area contributed by atoms with E-state index in [0.717, 1.165) is 128 Å². The van der Waals surface area contributed by atoms with Crippen molar-refractivity contribution in [1.82, 2.24) is 0 Å². The highest BCUT2D eigenvalue weighted by Gasteiger charge is 2.60. The lowest BCUT2D eigenvalue weighted by molar-refractivity contribution is 0.0682. The second-order valence-corrected chi connectivity index (χ2v) is 30.5. The first-order valence-electron chi connectivity index (χ1n) is 21.8. The van der Waals surface area contributed by atoms with E-state index in [9.17, 15) is 0 Å². The Hall–Kier alpha value is 0.908. The maximum Gasteiger partial charge on any atom is 0.494 e. The summed E-state index contributed by atoms with van der Waals surface area (Å²) < 4.78 is 56.9. The maximum atomic E-state index is 7.74. The van der Waals surface area contributed by atoms with E-state index in [2.05, 4.69) is 57.9 Å². The van der Waals surface area contributed by atoms with E-state index >= 15 is 0 Å². The van der Waals surface area contributed by atoms with Crippen LogP contribution in [0.15, 0.2) is 50.6 Å². The second-order valence-electron chi connectivity index (χ2n) is 14.9. The van der Waals surface area contributed by atoms with E-state index in [1.54, 1.807) is 54.2 Å². The molecule has 0 heterocycles. The number of rotatable bonds is 47. The Bertz CT molecular complexity index is 1010. The van der Waals surface area contributed by atoms with Crippen LogP contribution >= 0.6 is 47.0 Å². The van der Waals surface area contributed by atoms with Gasteiger partial charge in [-0.25, -0.2) is 0 Å². The molecule has 0 aliphatic heterocycles. The van der Waals surface area contributed by atoms with Crippen LogP contribution in [0.3, 0.4) is 0 Å². The van der Waals surface area contributed by atoms with Gasteiger partial charge >= 0.3 is 35.0 Å². The molecule has 0 aliphatic carbocycles. The van der Waals surface area contributed by atoms with Gasteiger partial charge in [-0.1, -0.05) is 82.1 Å². The topological polar surface area (TPSA) is 73.8 Å². The van der Waals surface area contributed by atoms with Gasteiger partial charge in [-0.3, -0.25) is 0 Å². The molecule has 4 atom stereocenters. The molecule has 0 aromatic rings. The molecule has 0 fully saturated rings. The monoisotopic (exact) mass is 958 g/mol. The molecule has 0 spiro atoms. The van der Waals surface area contributed by atoms with E-state index < -0.39 is 35.0 Å². The molecule has 0 rings (SSSR count). The third kappa shape index (κ3) is 29.3. The number of hydrogen-bond donors (Lipinski definition) is 0. The summed E-state index contributed by atoms with van der Waals surface area (Å²) in [7, 11) is -11.6.